The normalized spacial score (nSPS) is 27.2. The number of nitrogens with zero attached hydrogens (tertiary/aromatic N) is 3. The summed E-state index contributed by atoms with van der Waals surface area (Å²) < 4.78 is 5.23. The van der Waals surface area contributed by atoms with Gasteiger partial charge >= 0.3 is 0 Å². The average molecular weight is 284 g/mol. The summed E-state index contributed by atoms with van der Waals surface area (Å²) in [5.41, 5.74) is 5.23. The number of carbonyl (C=O) groups is 2. The summed E-state index contributed by atoms with van der Waals surface area (Å²) in [6.07, 6.45) is 0.575. The lowest BCUT2D eigenvalue weighted by atomic mass is 9.98. The third-order valence-electron chi connectivity index (χ3n) is 3.85. The first-order chi connectivity index (χ1) is 9.42. The van der Waals surface area contributed by atoms with Crippen LogP contribution in [0.25, 0.3) is 0 Å². The molecule has 2 amide bonds. The number of piperazine rings is 1. The number of hydrogen-bond acceptors (Lipinski definition) is 5. The van der Waals surface area contributed by atoms with Gasteiger partial charge in [-0.3, -0.25) is 9.59 Å². The molecule has 7 heteroatoms. The minimum absolute atomic E-state index is 0.0466. The molecule has 2 fully saturated rings. The molecule has 114 valence electrons. The fourth-order valence-corrected chi connectivity index (χ4v) is 2.59. The van der Waals surface area contributed by atoms with Crippen molar-refractivity contribution in [1.82, 2.24) is 14.7 Å². The summed E-state index contributed by atoms with van der Waals surface area (Å²) in [7, 11) is 3.74. The maximum Gasteiger partial charge on any atom is 0.245 e. The van der Waals surface area contributed by atoms with Gasteiger partial charge in [-0.05, 0) is 20.5 Å². The molecular formula is C13H24N4O3. The highest BCUT2D eigenvalue weighted by molar-refractivity contribution is 5.87. The second kappa shape index (κ2) is 6.07. The Bertz CT molecular complexity index is 372. The van der Waals surface area contributed by atoms with Crippen molar-refractivity contribution in [3.05, 3.63) is 0 Å². The number of likely N-dealkylation sites (N-methyl/N-ethyl adjacent to an activating group) is 1. The Morgan fingerprint density at radius 1 is 1.20 bits per heavy atom. The Labute approximate surface area is 119 Å². The molecule has 20 heavy (non-hydrogen) atoms. The van der Waals surface area contributed by atoms with Crippen LogP contribution >= 0.6 is 0 Å². The van der Waals surface area contributed by atoms with Crippen LogP contribution < -0.4 is 5.73 Å². The molecule has 2 saturated heterocycles. The van der Waals surface area contributed by atoms with Gasteiger partial charge in [0, 0.05) is 32.8 Å². The summed E-state index contributed by atoms with van der Waals surface area (Å²) in [4.78, 5) is 29.7. The van der Waals surface area contributed by atoms with Gasteiger partial charge < -0.3 is 25.2 Å². The molecule has 0 aromatic heterocycles. The molecule has 2 aliphatic rings. The van der Waals surface area contributed by atoms with Crippen molar-refractivity contribution < 1.29 is 14.3 Å². The molecule has 1 unspecified atom stereocenters. The van der Waals surface area contributed by atoms with Crippen LogP contribution in [0.15, 0.2) is 0 Å². The van der Waals surface area contributed by atoms with Gasteiger partial charge in [-0.2, -0.15) is 0 Å². The van der Waals surface area contributed by atoms with E-state index in [-0.39, 0.29) is 11.8 Å². The first kappa shape index (κ1) is 15.2. The van der Waals surface area contributed by atoms with E-state index in [4.69, 9.17) is 10.5 Å². The summed E-state index contributed by atoms with van der Waals surface area (Å²) >= 11 is 0. The smallest absolute Gasteiger partial charge is 0.245 e. The number of amides is 2. The Hall–Kier alpha value is -1.18. The Morgan fingerprint density at radius 2 is 1.80 bits per heavy atom. The first-order valence-electron chi connectivity index (χ1n) is 7.01. The monoisotopic (exact) mass is 284 g/mol. The van der Waals surface area contributed by atoms with Crippen LogP contribution in [0.4, 0.5) is 0 Å². The van der Waals surface area contributed by atoms with Crippen LogP contribution in [-0.4, -0.2) is 92.1 Å². The summed E-state index contributed by atoms with van der Waals surface area (Å²) in [5.74, 6) is 0.0588. The molecule has 0 bridgehead atoms. The highest BCUT2D eigenvalue weighted by atomic mass is 16.5. The van der Waals surface area contributed by atoms with E-state index in [1.807, 2.05) is 19.0 Å². The van der Waals surface area contributed by atoms with Crippen LogP contribution in [-0.2, 0) is 14.3 Å². The molecule has 0 aliphatic carbocycles. The van der Waals surface area contributed by atoms with E-state index in [1.165, 1.54) is 0 Å². The maximum atomic E-state index is 12.4. The number of rotatable bonds is 3. The van der Waals surface area contributed by atoms with Crippen molar-refractivity contribution >= 4 is 11.8 Å². The van der Waals surface area contributed by atoms with Gasteiger partial charge in [-0.1, -0.05) is 0 Å². The van der Waals surface area contributed by atoms with Crippen molar-refractivity contribution in [1.29, 1.82) is 0 Å². The quantitative estimate of drug-likeness (QED) is 0.671. The van der Waals surface area contributed by atoms with E-state index in [9.17, 15) is 9.59 Å². The zero-order valence-electron chi connectivity index (χ0n) is 12.3. The second-order valence-corrected chi connectivity index (χ2v) is 5.87. The van der Waals surface area contributed by atoms with Crippen LogP contribution in [0.2, 0.25) is 0 Å². The topological polar surface area (TPSA) is 79.1 Å². The molecule has 2 aliphatic heterocycles. The van der Waals surface area contributed by atoms with E-state index >= 15 is 0 Å². The average Bonchev–Trinajstić information content (AvgIpc) is 2.85. The van der Waals surface area contributed by atoms with Gasteiger partial charge in [-0.25, -0.2) is 0 Å². The molecule has 0 aromatic carbocycles. The highest BCUT2D eigenvalue weighted by Crippen LogP contribution is 2.19. The molecule has 2 N–H and O–H groups in total. The molecule has 0 radical (unpaired) electrons. The number of ether oxygens (including phenoxy) is 1. The number of carbonyl (C=O) groups excluding carboxylic acids is 2. The fraction of sp³-hybridized carbons (Fsp3) is 0.846. The van der Waals surface area contributed by atoms with Gasteiger partial charge in [0.2, 0.25) is 11.8 Å². The summed E-state index contributed by atoms with van der Waals surface area (Å²) in [6, 6.07) is 0. The van der Waals surface area contributed by atoms with E-state index < -0.39 is 5.54 Å². The number of nitrogens with two attached hydrogens (primary N) is 1. The minimum Gasteiger partial charge on any atom is -0.379 e. The van der Waals surface area contributed by atoms with Crippen LogP contribution in [0.3, 0.4) is 0 Å². The standard InChI is InChI=1S/C13H24N4O3/c1-15(2)9-11(18)16-4-6-17(7-5-16)12(19)13(14)3-8-20-10-13/h3-10,14H2,1-2H3. The summed E-state index contributed by atoms with van der Waals surface area (Å²) in [6.45, 7) is 3.51. The molecule has 2 rings (SSSR count). The van der Waals surface area contributed by atoms with E-state index in [1.54, 1.807) is 9.80 Å². The SMILES string of the molecule is CN(C)CC(=O)N1CCN(C(=O)C2(N)CCOC2)CC1. The minimum atomic E-state index is -0.865. The van der Waals surface area contributed by atoms with Crippen LogP contribution in [0.5, 0.6) is 0 Å². The molecule has 1 atom stereocenters. The summed E-state index contributed by atoms with van der Waals surface area (Å²) in [5, 5.41) is 0. The lowest BCUT2D eigenvalue weighted by molar-refractivity contribution is -0.143. The van der Waals surface area contributed by atoms with Crippen molar-refractivity contribution in [3.63, 3.8) is 0 Å². The van der Waals surface area contributed by atoms with Gasteiger partial charge in [0.1, 0.15) is 5.54 Å². The predicted octanol–water partition coefficient (Wildman–Crippen LogP) is -1.66. The zero-order chi connectivity index (χ0) is 14.8. The van der Waals surface area contributed by atoms with E-state index in [0.29, 0.717) is 52.4 Å². The van der Waals surface area contributed by atoms with Gasteiger partial charge in [0.15, 0.2) is 0 Å². The molecule has 0 saturated carbocycles. The molecular weight excluding hydrogens is 260 g/mol. The van der Waals surface area contributed by atoms with Crippen molar-refractivity contribution in [2.75, 3.05) is 60.0 Å². The first-order valence-corrected chi connectivity index (χ1v) is 7.01. The van der Waals surface area contributed by atoms with Crippen molar-refractivity contribution in [2.24, 2.45) is 5.73 Å². The lowest BCUT2D eigenvalue weighted by Gasteiger charge is -2.38. The van der Waals surface area contributed by atoms with Crippen LogP contribution in [0.1, 0.15) is 6.42 Å². The van der Waals surface area contributed by atoms with Gasteiger partial charge in [0.05, 0.1) is 13.2 Å². The van der Waals surface area contributed by atoms with Crippen LogP contribution in [0, 0.1) is 0 Å². The third kappa shape index (κ3) is 3.28. The third-order valence-corrected chi connectivity index (χ3v) is 3.85. The lowest BCUT2D eigenvalue weighted by Crippen LogP contribution is -2.60. The highest BCUT2D eigenvalue weighted by Gasteiger charge is 2.41. The Balaban J connectivity index is 1.85. The van der Waals surface area contributed by atoms with Gasteiger partial charge in [0.25, 0.3) is 0 Å². The van der Waals surface area contributed by atoms with E-state index in [2.05, 4.69) is 0 Å². The van der Waals surface area contributed by atoms with E-state index in [0.717, 1.165) is 0 Å². The Kier molecular flexibility index (Phi) is 4.62. The second-order valence-electron chi connectivity index (χ2n) is 5.87. The van der Waals surface area contributed by atoms with Gasteiger partial charge in [-0.15, -0.1) is 0 Å². The predicted molar refractivity (Wildman–Crippen MR) is 74.1 cm³/mol. The molecule has 7 nitrogen and oxygen atoms in total. The largest absolute Gasteiger partial charge is 0.379 e. The zero-order valence-corrected chi connectivity index (χ0v) is 12.3. The Morgan fingerprint density at radius 3 is 2.30 bits per heavy atom. The fourth-order valence-electron chi connectivity index (χ4n) is 2.59. The molecule has 0 aromatic rings. The molecule has 2 heterocycles. The van der Waals surface area contributed by atoms with Crippen molar-refractivity contribution in [2.45, 2.75) is 12.0 Å². The maximum absolute atomic E-state index is 12.4. The molecule has 0 spiro atoms. The number of hydrogen-bond donors (Lipinski definition) is 1. The van der Waals surface area contributed by atoms with Crippen molar-refractivity contribution in [3.8, 4) is 0 Å².